The number of dihydropyridines is 1. The summed E-state index contributed by atoms with van der Waals surface area (Å²) in [5.41, 5.74) is 0.477. The van der Waals surface area contributed by atoms with E-state index in [0.717, 1.165) is 5.71 Å². The fourth-order valence-corrected chi connectivity index (χ4v) is 1.08. The third-order valence-corrected chi connectivity index (χ3v) is 1.73. The third kappa shape index (κ3) is 2.05. The van der Waals surface area contributed by atoms with Crippen molar-refractivity contribution in [3.8, 4) is 0 Å². The predicted molar refractivity (Wildman–Crippen MR) is 47.3 cm³/mol. The third-order valence-electron chi connectivity index (χ3n) is 1.40. The van der Waals surface area contributed by atoms with Crippen molar-refractivity contribution in [2.45, 2.75) is 5.50 Å². The number of nitrogens with zero attached hydrogens (tertiary/aromatic N) is 1. The summed E-state index contributed by atoms with van der Waals surface area (Å²) in [5.74, 6) is 1.72. The van der Waals surface area contributed by atoms with Crippen molar-refractivity contribution in [1.29, 1.82) is 0 Å². The Morgan fingerprint density at radius 2 is 2.50 bits per heavy atom. The zero-order valence-corrected chi connectivity index (χ0v) is 7.34. The first kappa shape index (κ1) is 9.20. The summed E-state index contributed by atoms with van der Waals surface area (Å²) in [5, 5.41) is 0. The van der Waals surface area contributed by atoms with E-state index in [-0.39, 0.29) is 0 Å². The summed E-state index contributed by atoms with van der Waals surface area (Å²) in [6, 6.07) is 0. The summed E-state index contributed by atoms with van der Waals surface area (Å²) in [6.07, 6.45) is 3.30. The molecule has 0 aromatic rings. The monoisotopic (exact) mass is 185 g/mol. The van der Waals surface area contributed by atoms with Gasteiger partial charge in [-0.1, -0.05) is 11.6 Å². The molecule has 12 heavy (non-hydrogen) atoms. The highest BCUT2D eigenvalue weighted by molar-refractivity contribution is 6.24. The minimum atomic E-state index is -0.613. The second kappa shape index (κ2) is 4.21. The Labute approximate surface area is 75.4 Å². The maximum atomic E-state index is 10.2. The van der Waals surface area contributed by atoms with Crippen LogP contribution in [0.25, 0.3) is 0 Å². The Balaban J connectivity index is 2.76. The summed E-state index contributed by atoms with van der Waals surface area (Å²) < 4.78 is 4.85. The molecule has 0 bridgehead atoms. The van der Waals surface area contributed by atoms with Gasteiger partial charge in [-0.05, 0) is 12.2 Å². The largest absolute Gasteiger partial charge is 0.378 e. The van der Waals surface area contributed by atoms with Gasteiger partial charge in [0.25, 0.3) is 0 Å². The van der Waals surface area contributed by atoms with Gasteiger partial charge in [0.15, 0.2) is 5.50 Å². The molecule has 1 atom stereocenters. The van der Waals surface area contributed by atoms with Crippen molar-refractivity contribution < 1.29 is 9.53 Å². The van der Waals surface area contributed by atoms with Crippen LogP contribution < -0.4 is 0 Å². The van der Waals surface area contributed by atoms with Crippen molar-refractivity contribution in [3.63, 3.8) is 0 Å². The number of rotatable bonds is 2. The van der Waals surface area contributed by atoms with Crippen LogP contribution in [0.5, 0.6) is 0 Å². The molecule has 1 rings (SSSR count). The van der Waals surface area contributed by atoms with Gasteiger partial charge in [-0.2, -0.15) is 0 Å². The van der Waals surface area contributed by atoms with E-state index in [0.29, 0.717) is 12.2 Å². The highest BCUT2D eigenvalue weighted by Gasteiger charge is 2.13. The second-order valence-electron chi connectivity index (χ2n) is 2.28. The lowest BCUT2D eigenvalue weighted by Crippen LogP contribution is -2.13. The molecule has 0 radical (unpaired) electrons. The molecule has 1 aliphatic heterocycles. The van der Waals surface area contributed by atoms with Crippen LogP contribution in [0.1, 0.15) is 0 Å². The maximum absolute atomic E-state index is 10.2. The number of alkyl halides is 1. The zero-order valence-electron chi connectivity index (χ0n) is 6.58. The Kier molecular flexibility index (Phi) is 3.23. The zero-order chi connectivity index (χ0) is 8.97. The predicted octanol–water partition coefficient (Wildman–Crippen LogP) is 0.967. The number of aliphatic imine (C=N–C) groups is 1. The number of carbonyl (C=O) groups excluding carboxylic acids is 1. The minimum absolute atomic E-state index is 0.358. The number of hydrogen-bond acceptors (Lipinski definition) is 3. The van der Waals surface area contributed by atoms with E-state index in [1.165, 1.54) is 0 Å². The van der Waals surface area contributed by atoms with Crippen LogP contribution in [0.4, 0.5) is 0 Å². The molecule has 1 unspecified atom stereocenters. The van der Waals surface area contributed by atoms with Crippen molar-refractivity contribution in [1.82, 2.24) is 0 Å². The number of methoxy groups -OCH3 is 1. The highest BCUT2D eigenvalue weighted by Crippen LogP contribution is 2.14. The average Bonchev–Trinajstić information content (AvgIpc) is 2.05. The second-order valence-corrected chi connectivity index (χ2v) is 2.69. The Hall–Kier alpha value is -0.890. The van der Waals surface area contributed by atoms with E-state index in [1.807, 2.05) is 0 Å². The summed E-state index contributed by atoms with van der Waals surface area (Å²) in [4.78, 5) is 14.2. The van der Waals surface area contributed by atoms with Crippen molar-refractivity contribution in [2.24, 2.45) is 4.99 Å². The topological polar surface area (TPSA) is 38.7 Å². The van der Waals surface area contributed by atoms with Crippen LogP contribution >= 0.6 is 11.6 Å². The van der Waals surface area contributed by atoms with Crippen LogP contribution in [0.15, 0.2) is 22.7 Å². The lowest BCUT2D eigenvalue weighted by atomic mass is 10.2. The summed E-state index contributed by atoms with van der Waals surface area (Å²) in [7, 11) is 1.57. The molecular formula is C8H8ClNO2. The molecule has 64 valence electrons. The average molecular weight is 186 g/mol. The van der Waals surface area contributed by atoms with E-state index in [2.05, 4.69) is 4.99 Å². The fraction of sp³-hybridized carbons (Fsp3) is 0.375. The number of halogens is 1. The van der Waals surface area contributed by atoms with Gasteiger partial charge < -0.3 is 4.74 Å². The Morgan fingerprint density at radius 1 is 1.75 bits per heavy atom. The van der Waals surface area contributed by atoms with Gasteiger partial charge in [0, 0.05) is 7.11 Å². The molecule has 0 saturated heterocycles. The standard InChI is InChI=1S/C8H8ClNO2/c1-12-5-7-3-2-6(4-11)8(9)10-7/h2-3,8H,5H2,1H3. The van der Waals surface area contributed by atoms with Crippen LogP contribution in [0.3, 0.4) is 0 Å². The Morgan fingerprint density at radius 3 is 3.00 bits per heavy atom. The van der Waals surface area contributed by atoms with Crippen LogP contribution in [-0.4, -0.2) is 30.9 Å². The van der Waals surface area contributed by atoms with Crippen LogP contribution in [-0.2, 0) is 9.53 Å². The number of ether oxygens (including phenoxy) is 1. The highest BCUT2D eigenvalue weighted by atomic mass is 35.5. The molecule has 1 heterocycles. The number of hydrogen-bond donors (Lipinski definition) is 0. The molecule has 0 amide bonds. The maximum Gasteiger partial charge on any atom is 0.159 e. The molecule has 0 saturated carbocycles. The van der Waals surface area contributed by atoms with Crippen molar-refractivity contribution in [3.05, 3.63) is 17.7 Å². The molecular weight excluding hydrogens is 178 g/mol. The molecule has 0 spiro atoms. The van der Waals surface area contributed by atoms with Crippen LogP contribution in [0, 0.1) is 0 Å². The van der Waals surface area contributed by atoms with Gasteiger partial charge in [-0.15, -0.1) is 0 Å². The van der Waals surface area contributed by atoms with Gasteiger partial charge >= 0.3 is 0 Å². The minimum Gasteiger partial charge on any atom is -0.378 e. The van der Waals surface area contributed by atoms with Gasteiger partial charge in [0.2, 0.25) is 0 Å². The van der Waals surface area contributed by atoms with Crippen LogP contribution in [0.2, 0.25) is 0 Å². The molecule has 0 aromatic carbocycles. The van der Waals surface area contributed by atoms with Gasteiger partial charge in [-0.3, -0.25) is 4.99 Å². The Bertz CT molecular complexity index is 277. The first-order chi connectivity index (χ1) is 5.77. The van der Waals surface area contributed by atoms with Gasteiger partial charge in [-0.25, -0.2) is 4.79 Å². The lowest BCUT2D eigenvalue weighted by molar-refractivity contribution is 0.245. The van der Waals surface area contributed by atoms with Crippen molar-refractivity contribution in [2.75, 3.05) is 13.7 Å². The molecule has 0 aliphatic carbocycles. The van der Waals surface area contributed by atoms with Gasteiger partial charge in [0.05, 0.1) is 17.9 Å². The first-order valence-electron chi connectivity index (χ1n) is 3.40. The molecule has 3 nitrogen and oxygen atoms in total. The first-order valence-corrected chi connectivity index (χ1v) is 3.84. The lowest BCUT2D eigenvalue weighted by Gasteiger charge is -2.09. The van der Waals surface area contributed by atoms with E-state index in [4.69, 9.17) is 16.3 Å². The summed E-state index contributed by atoms with van der Waals surface area (Å²) >= 11 is 5.72. The molecule has 0 fully saturated rings. The molecule has 4 heteroatoms. The smallest absolute Gasteiger partial charge is 0.159 e. The van der Waals surface area contributed by atoms with Crippen molar-refractivity contribution >= 4 is 23.3 Å². The van der Waals surface area contributed by atoms with E-state index < -0.39 is 5.50 Å². The van der Waals surface area contributed by atoms with E-state index >= 15 is 0 Å². The van der Waals surface area contributed by atoms with E-state index in [1.54, 1.807) is 25.2 Å². The molecule has 0 N–H and O–H groups in total. The molecule has 1 aliphatic rings. The summed E-state index contributed by atoms with van der Waals surface area (Å²) in [6.45, 7) is 0.409. The van der Waals surface area contributed by atoms with Gasteiger partial charge in [0.1, 0.15) is 5.94 Å². The fourth-order valence-electron chi connectivity index (χ4n) is 0.839. The van der Waals surface area contributed by atoms with E-state index in [9.17, 15) is 4.79 Å². The molecule has 0 aromatic heterocycles. The normalized spacial score (nSPS) is 22.0. The SMILES string of the molecule is COCC1=NC(Cl)C(=C=O)C=C1. The quantitative estimate of drug-likeness (QED) is 0.365.